The molecular formula is C17H22N6O2. The van der Waals surface area contributed by atoms with Crippen LogP contribution in [0.1, 0.15) is 37.1 Å². The van der Waals surface area contributed by atoms with E-state index in [1.165, 1.54) is 0 Å². The number of benzene rings is 1. The molecule has 2 aliphatic heterocycles. The zero-order chi connectivity index (χ0) is 17.4. The molecule has 0 amide bonds. The molecule has 1 fully saturated rings. The number of nitro groups is 1. The van der Waals surface area contributed by atoms with Crippen LogP contribution in [0.3, 0.4) is 0 Å². The van der Waals surface area contributed by atoms with Gasteiger partial charge in [0.1, 0.15) is 17.8 Å². The Hall–Kier alpha value is -2.64. The van der Waals surface area contributed by atoms with E-state index >= 15 is 0 Å². The Morgan fingerprint density at radius 2 is 2.32 bits per heavy atom. The second-order valence-corrected chi connectivity index (χ2v) is 6.65. The number of rotatable bonds is 4. The predicted octanol–water partition coefficient (Wildman–Crippen LogP) is 2.56. The number of anilines is 2. The van der Waals surface area contributed by atoms with Gasteiger partial charge in [-0.1, -0.05) is 0 Å². The van der Waals surface area contributed by atoms with Gasteiger partial charge in [0.05, 0.1) is 4.92 Å². The Balaban J connectivity index is 1.70. The van der Waals surface area contributed by atoms with Crippen LogP contribution in [0.4, 0.5) is 17.1 Å². The molecule has 8 nitrogen and oxygen atoms in total. The zero-order valence-corrected chi connectivity index (χ0v) is 14.3. The van der Waals surface area contributed by atoms with Crippen molar-refractivity contribution in [2.24, 2.45) is 0 Å². The minimum Gasteiger partial charge on any atom is -0.384 e. The standard InChI is InChI=1S/C17H22N6O2/c1-2-21-11-19-20-17(21)12-4-3-9-22(10-12)16-13-7-8-18-14(13)5-6-15(16)23(24)25/h5-6,11-12,18H,2-4,7-10H2,1H3. The van der Waals surface area contributed by atoms with Crippen LogP contribution in [0.15, 0.2) is 18.5 Å². The maximum absolute atomic E-state index is 11.6. The van der Waals surface area contributed by atoms with Crippen molar-refractivity contribution in [3.8, 4) is 0 Å². The number of nitro benzene ring substituents is 1. The maximum Gasteiger partial charge on any atom is 0.292 e. The lowest BCUT2D eigenvalue weighted by molar-refractivity contribution is -0.384. The van der Waals surface area contributed by atoms with Gasteiger partial charge in [-0.2, -0.15) is 0 Å². The number of piperidine rings is 1. The summed E-state index contributed by atoms with van der Waals surface area (Å²) >= 11 is 0. The van der Waals surface area contributed by atoms with Gasteiger partial charge in [-0.3, -0.25) is 10.1 Å². The molecule has 1 aromatic heterocycles. The predicted molar refractivity (Wildman–Crippen MR) is 95.2 cm³/mol. The van der Waals surface area contributed by atoms with Gasteiger partial charge < -0.3 is 14.8 Å². The van der Waals surface area contributed by atoms with Crippen molar-refractivity contribution in [2.45, 2.75) is 38.6 Å². The van der Waals surface area contributed by atoms with E-state index in [0.717, 1.165) is 68.2 Å². The highest BCUT2D eigenvalue weighted by Gasteiger charge is 2.32. The molecule has 2 aliphatic rings. The van der Waals surface area contributed by atoms with Gasteiger partial charge in [0.15, 0.2) is 0 Å². The first-order valence-electron chi connectivity index (χ1n) is 8.85. The number of aromatic nitrogens is 3. The van der Waals surface area contributed by atoms with Crippen LogP contribution in [-0.2, 0) is 13.0 Å². The molecule has 0 bridgehead atoms. The van der Waals surface area contributed by atoms with E-state index in [1.54, 1.807) is 12.4 Å². The van der Waals surface area contributed by atoms with Crippen molar-refractivity contribution in [3.63, 3.8) is 0 Å². The first-order chi connectivity index (χ1) is 12.2. The molecule has 0 radical (unpaired) electrons. The van der Waals surface area contributed by atoms with E-state index in [1.807, 2.05) is 6.07 Å². The second-order valence-electron chi connectivity index (χ2n) is 6.65. The molecular weight excluding hydrogens is 320 g/mol. The molecule has 25 heavy (non-hydrogen) atoms. The van der Waals surface area contributed by atoms with Crippen molar-refractivity contribution >= 4 is 17.1 Å². The van der Waals surface area contributed by atoms with Gasteiger partial charge in [-0.25, -0.2) is 0 Å². The summed E-state index contributed by atoms with van der Waals surface area (Å²) in [6.07, 6.45) is 4.63. The fraction of sp³-hybridized carbons (Fsp3) is 0.529. The van der Waals surface area contributed by atoms with E-state index in [0.29, 0.717) is 0 Å². The highest BCUT2D eigenvalue weighted by molar-refractivity contribution is 5.78. The second kappa shape index (κ2) is 6.34. The van der Waals surface area contributed by atoms with Crippen LogP contribution in [0.5, 0.6) is 0 Å². The van der Waals surface area contributed by atoms with Crippen LogP contribution < -0.4 is 10.2 Å². The van der Waals surface area contributed by atoms with Gasteiger partial charge in [0.25, 0.3) is 5.69 Å². The summed E-state index contributed by atoms with van der Waals surface area (Å²) in [7, 11) is 0. The summed E-state index contributed by atoms with van der Waals surface area (Å²) in [5.41, 5.74) is 3.10. The maximum atomic E-state index is 11.6. The topological polar surface area (TPSA) is 89.1 Å². The van der Waals surface area contributed by atoms with Crippen molar-refractivity contribution < 1.29 is 4.92 Å². The minimum atomic E-state index is -0.258. The summed E-state index contributed by atoms with van der Waals surface area (Å²) in [5.74, 6) is 1.24. The molecule has 1 N–H and O–H groups in total. The lowest BCUT2D eigenvalue weighted by Gasteiger charge is -2.34. The van der Waals surface area contributed by atoms with Crippen LogP contribution in [0.2, 0.25) is 0 Å². The molecule has 1 aromatic carbocycles. The molecule has 0 spiro atoms. The quantitative estimate of drug-likeness (QED) is 0.678. The first-order valence-corrected chi connectivity index (χ1v) is 8.85. The fourth-order valence-electron chi connectivity index (χ4n) is 4.08. The summed E-state index contributed by atoms with van der Waals surface area (Å²) in [5, 5.41) is 23.3. The van der Waals surface area contributed by atoms with Crippen LogP contribution in [-0.4, -0.2) is 39.3 Å². The van der Waals surface area contributed by atoms with E-state index in [2.05, 4.69) is 31.9 Å². The number of nitrogens with zero attached hydrogens (tertiary/aromatic N) is 5. The average Bonchev–Trinajstić information content (AvgIpc) is 3.29. The van der Waals surface area contributed by atoms with Crippen LogP contribution in [0, 0.1) is 10.1 Å². The van der Waals surface area contributed by atoms with Gasteiger partial charge in [-0.05, 0) is 32.3 Å². The van der Waals surface area contributed by atoms with Crippen LogP contribution in [0.25, 0.3) is 0 Å². The van der Waals surface area contributed by atoms with E-state index < -0.39 is 0 Å². The van der Waals surface area contributed by atoms with E-state index in [9.17, 15) is 10.1 Å². The summed E-state index contributed by atoms with van der Waals surface area (Å²) < 4.78 is 2.07. The number of hydrogen-bond acceptors (Lipinski definition) is 6. The third-order valence-electron chi connectivity index (χ3n) is 5.24. The molecule has 8 heteroatoms. The van der Waals surface area contributed by atoms with E-state index in [-0.39, 0.29) is 16.5 Å². The minimum absolute atomic E-state index is 0.208. The average molecular weight is 342 g/mol. The molecule has 0 aliphatic carbocycles. The molecule has 1 saturated heterocycles. The SMILES string of the molecule is CCn1cnnc1C1CCCN(c2c([N+](=O)[O-])ccc3c2CCN3)C1. The lowest BCUT2D eigenvalue weighted by Crippen LogP contribution is -2.36. The third-order valence-corrected chi connectivity index (χ3v) is 5.24. The smallest absolute Gasteiger partial charge is 0.292 e. The third kappa shape index (κ3) is 2.71. The molecule has 0 saturated carbocycles. The Kier molecular flexibility index (Phi) is 4.03. The summed E-state index contributed by atoms with van der Waals surface area (Å²) in [6.45, 7) is 5.34. The highest BCUT2D eigenvalue weighted by Crippen LogP contribution is 2.41. The number of hydrogen-bond donors (Lipinski definition) is 1. The number of aryl methyl sites for hydroxylation is 1. The molecule has 1 atom stereocenters. The summed E-state index contributed by atoms with van der Waals surface area (Å²) in [6, 6.07) is 3.46. The zero-order valence-electron chi connectivity index (χ0n) is 14.3. The van der Waals surface area contributed by atoms with Crippen molar-refractivity contribution in [1.82, 2.24) is 14.8 Å². The van der Waals surface area contributed by atoms with E-state index in [4.69, 9.17) is 0 Å². The molecule has 132 valence electrons. The Morgan fingerprint density at radius 1 is 1.44 bits per heavy atom. The van der Waals surface area contributed by atoms with Crippen molar-refractivity contribution in [3.05, 3.63) is 40.0 Å². The molecule has 2 aromatic rings. The highest BCUT2D eigenvalue weighted by atomic mass is 16.6. The van der Waals surface area contributed by atoms with Crippen molar-refractivity contribution in [2.75, 3.05) is 29.9 Å². The molecule has 4 rings (SSSR count). The Morgan fingerprint density at radius 3 is 3.12 bits per heavy atom. The summed E-state index contributed by atoms with van der Waals surface area (Å²) in [4.78, 5) is 13.5. The van der Waals surface area contributed by atoms with Gasteiger partial charge in [-0.15, -0.1) is 10.2 Å². The Bertz CT molecular complexity index is 802. The number of nitrogens with one attached hydrogen (secondary N) is 1. The van der Waals surface area contributed by atoms with Crippen LogP contribution >= 0.6 is 0 Å². The van der Waals surface area contributed by atoms with Gasteiger partial charge in [0.2, 0.25) is 0 Å². The monoisotopic (exact) mass is 342 g/mol. The van der Waals surface area contributed by atoms with Crippen molar-refractivity contribution in [1.29, 1.82) is 0 Å². The molecule has 1 unspecified atom stereocenters. The largest absolute Gasteiger partial charge is 0.384 e. The Labute approximate surface area is 146 Å². The van der Waals surface area contributed by atoms with Gasteiger partial charge >= 0.3 is 0 Å². The normalized spacial score (nSPS) is 19.6. The fourth-order valence-corrected chi connectivity index (χ4v) is 4.08. The first kappa shape index (κ1) is 15.9. The number of fused-ring (bicyclic) bond motifs is 1. The molecule has 3 heterocycles. The van der Waals surface area contributed by atoms with Gasteiger partial charge in [0, 0.05) is 49.4 Å². The lowest BCUT2D eigenvalue weighted by atomic mass is 9.95.